The van der Waals surface area contributed by atoms with Crippen LogP contribution in [0.25, 0.3) is 0 Å². The van der Waals surface area contributed by atoms with Crippen molar-refractivity contribution in [1.29, 1.82) is 0 Å². The van der Waals surface area contributed by atoms with Gasteiger partial charge in [-0.05, 0) is 141 Å². The Morgan fingerprint density at radius 1 is 0.625 bits per heavy atom. The first-order valence-electron chi connectivity index (χ1n) is 17.4. The number of methoxy groups -OCH3 is 1. The van der Waals surface area contributed by atoms with Gasteiger partial charge in [-0.3, -0.25) is 4.79 Å². The summed E-state index contributed by atoms with van der Waals surface area (Å²) in [5, 5.41) is 0. The molecule has 0 radical (unpaired) electrons. The Morgan fingerprint density at radius 3 is 1.62 bits per heavy atom. The molecule has 0 unspecified atom stereocenters. The van der Waals surface area contributed by atoms with Crippen LogP contribution >= 0.6 is 0 Å². The quantitative estimate of drug-likeness (QED) is 0.153. The van der Waals surface area contributed by atoms with Crippen molar-refractivity contribution in [2.24, 2.45) is 17.8 Å². The van der Waals surface area contributed by atoms with Crippen LogP contribution in [0.15, 0.2) is 0 Å². The van der Waals surface area contributed by atoms with Crippen LogP contribution < -0.4 is 0 Å². The predicted molar refractivity (Wildman–Crippen MR) is 167 cm³/mol. The summed E-state index contributed by atoms with van der Waals surface area (Å²) < 4.78 is 10.4. The van der Waals surface area contributed by atoms with Crippen LogP contribution in [-0.4, -0.2) is 106 Å². The lowest BCUT2D eigenvalue weighted by Crippen LogP contribution is -2.41. The molecule has 0 bridgehead atoms. The fourth-order valence-electron chi connectivity index (χ4n) is 7.32. The van der Waals surface area contributed by atoms with E-state index in [-0.39, 0.29) is 0 Å². The van der Waals surface area contributed by atoms with Gasteiger partial charge in [-0.25, -0.2) is 0 Å². The van der Waals surface area contributed by atoms with Gasteiger partial charge < -0.3 is 24.2 Å². The highest BCUT2D eigenvalue weighted by Crippen LogP contribution is 2.32. The number of rotatable bonds is 21. The van der Waals surface area contributed by atoms with E-state index in [0.717, 1.165) is 30.6 Å². The Kier molecular flexibility index (Phi) is 18.0. The third-order valence-corrected chi connectivity index (χ3v) is 10.2. The number of carbonyl (C=O) groups is 1. The molecule has 0 atom stereocenters. The predicted octanol–water partition coefficient (Wildman–Crippen LogP) is 6.28. The largest absolute Gasteiger partial charge is 0.382 e. The Bertz CT molecular complexity index is 624. The highest BCUT2D eigenvalue weighted by molar-refractivity contribution is 5.78. The number of piperidine rings is 3. The van der Waals surface area contributed by atoms with Crippen molar-refractivity contribution in [1.82, 2.24) is 14.7 Å². The highest BCUT2D eigenvalue weighted by atomic mass is 16.5. The van der Waals surface area contributed by atoms with Crippen molar-refractivity contribution >= 4 is 5.78 Å². The number of carbonyl (C=O) groups excluding carboxylic acids is 1. The first kappa shape index (κ1) is 34.0. The standard InChI is InChI=1S/C34H65N3O3/c1-3-4-5-7-19-36-24-14-32(15-25-36)33-16-26-37(27-17-33)21-9-6-8-20-35-22-12-31(13-23-35)10-11-34(38)18-28-40-30-29-39-2/h31-33H,3-30H2,1-2H3. The van der Waals surface area contributed by atoms with Gasteiger partial charge in [0.15, 0.2) is 0 Å². The molecular formula is C34H65N3O3. The number of hydrogen-bond donors (Lipinski definition) is 0. The molecule has 3 rings (SSSR count). The van der Waals surface area contributed by atoms with Crippen LogP contribution in [0.5, 0.6) is 0 Å². The molecule has 0 aromatic rings. The molecule has 0 amide bonds. The van der Waals surface area contributed by atoms with Gasteiger partial charge in [0.05, 0.1) is 19.8 Å². The number of ketones is 1. The van der Waals surface area contributed by atoms with Gasteiger partial charge in [-0.1, -0.05) is 32.6 Å². The summed E-state index contributed by atoms with van der Waals surface area (Å²) in [4.78, 5) is 20.3. The summed E-state index contributed by atoms with van der Waals surface area (Å²) in [6, 6.07) is 0. The molecule has 3 saturated heterocycles. The van der Waals surface area contributed by atoms with Crippen LogP contribution in [0, 0.1) is 17.8 Å². The van der Waals surface area contributed by atoms with Crippen LogP contribution in [-0.2, 0) is 14.3 Å². The third-order valence-electron chi connectivity index (χ3n) is 10.2. The van der Waals surface area contributed by atoms with Crippen LogP contribution in [0.2, 0.25) is 0 Å². The molecule has 3 fully saturated rings. The molecule has 3 aliphatic rings. The second-order valence-electron chi connectivity index (χ2n) is 13.2. The van der Waals surface area contributed by atoms with Crippen molar-refractivity contribution in [3.05, 3.63) is 0 Å². The van der Waals surface area contributed by atoms with E-state index >= 15 is 0 Å². The Morgan fingerprint density at radius 2 is 1.12 bits per heavy atom. The minimum Gasteiger partial charge on any atom is -0.382 e. The number of likely N-dealkylation sites (tertiary alicyclic amines) is 3. The van der Waals surface area contributed by atoms with Gasteiger partial charge in [0.1, 0.15) is 5.78 Å². The normalized spacial score (nSPS) is 21.4. The fourth-order valence-corrected chi connectivity index (χ4v) is 7.32. The zero-order chi connectivity index (χ0) is 28.3. The summed E-state index contributed by atoms with van der Waals surface area (Å²) in [5.74, 6) is 3.10. The van der Waals surface area contributed by atoms with E-state index in [2.05, 4.69) is 21.6 Å². The van der Waals surface area contributed by atoms with Crippen LogP contribution in [0.1, 0.15) is 110 Å². The molecule has 0 saturated carbocycles. The Labute approximate surface area is 247 Å². The number of unbranched alkanes of at least 4 members (excludes halogenated alkanes) is 5. The molecule has 0 aromatic heterocycles. The van der Waals surface area contributed by atoms with Crippen molar-refractivity contribution in [2.75, 3.05) is 85.8 Å². The second kappa shape index (κ2) is 21.2. The number of nitrogens with zero attached hydrogens (tertiary/aromatic N) is 3. The molecule has 6 heteroatoms. The smallest absolute Gasteiger partial charge is 0.135 e. The van der Waals surface area contributed by atoms with Crippen molar-refractivity contribution in [3.8, 4) is 0 Å². The SMILES string of the molecule is CCCCCCN1CCC(C2CCN(CCCCCN3CCC(CCC(=O)CCOCCOC)CC3)CC2)CC1. The molecule has 0 aliphatic carbocycles. The van der Waals surface area contributed by atoms with E-state index in [0.29, 0.717) is 32.0 Å². The molecule has 0 aromatic carbocycles. The lowest BCUT2D eigenvalue weighted by molar-refractivity contribution is -0.120. The Hall–Kier alpha value is -0.530. The summed E-state index contributed by atoms with van der Waals surface area (Å²) in [7, 11) is 1.67. The third kappa shape index (κ3) is 14.1. The van der Waals surface area contributed by atoms with E-state index < -0.39 is 0 Å². The van der Waals surface area contributed by atoms with Crippen LogP contribution in [0.3, 0.4) is 0 Å². The van der Waals surface area contributed by atoms with E-state index in [1.165, 1.54) is 142 Å². The molecule has 3 heterocycles. The van der Waals surface area contributed by atoms with E-state index in [9.17, 15) is 4.79 Å². The molecule has 0 spiro atoms. The molecular weight excluding hydrogens is 498 g/mol. The maximum absolute atomic E-state index is 12.1. The lowest BCUT2D eigenvalue weighted by atomic mass is 9.78. The molecule has 6 nitrogen and oxygen atoms in total. The van der Waals surface area contributed by atoms with Gasteiger partial charge in [0.25, 0.3) is 0 Å². The van der Waals surface area contributed by atoms with Gasteiger partial charge in [-0.15, -0.1) is 0 Å². The molecule has 0 N–H and O–H groups in total. The zero-order valence-corrected chi connectivity index (χ0v) is 26.6. The van der Waals surface area contributed by atoms with E-state index in [4.69, 9.17) is 9.47 Å². The van der Waals surface area contributed by atoms with Crippen molar-refractivity contribution in [3.63, 3.8) is 0 Å². The van der Waals surface area contributed by atoms with Gasteiger partial charge in [0, 0.05) is 20.0 Å². The summed E-state index contributed by atoms with van der Waals surface area (Å²) in [5.41, 5.74) is 0. The molecule has 3 aliphatic heterocycles. The summed E-state index contributed by atoms with van der Waals surface area (Å²) in [6.07, 6.45) is 20.4. The van der Waals surface area contributed by atoms with E-state index in [1.807, 2.05) is 0 Å². The van der Waals surface area contributed by atoms with Gasteiger partial charge in [-0.2, -0.15) is 0 Å². The first-order chi connectivity index (χ1) is 19.7. The molecule has 234 valence electrons. The van der Waals surface area contributed by atoms with E-state index in [1.54, 1.807) is 7.11 Å². The maximum Gasteiger partial charge on any atom is 0.135 e. The zero-order valence-electron chi connectivity index (χ0n) is 26.6. The highest BCUT2D eigenvalue weighted by Gasteiger charge is 2.29. The summed E-state index contributed by atoms with van der Waals surface area (Å²) in [6.45, 7) is 15.8. The number of Topliss-reactive ketones (excluding diaryl/α,β-unsaturated/α-hetero) is 1. The minimum absolute atomic E-state index is 0.359. The van der Waals surface area contributed by atoms with Gasteiger partial charge in [0.2, 0.25) is 0 Å². The fraction of sp³-hybridized carbons (Fsp3) is 0.971. The monoisotopic (exact) mass is 564 g/mol. The Balaban J connectivity index is 1.12. The summed E-state index contributed by atoms with van der Waals surface area (Å²) >= 11 is 0. The van der Waals surface area contributed by atoms with Crippen LogP contribution in [0.4, 0.5) is 0 Å². The number of hydrogen-bond acceptors (Lipinski definition) is 6. The average molecular weight is 564 g/mol. The lowest BCUT2D eigenvalue weighted by Gasteiger charge is -2.40. The van der Waals surface area contributed by atoms with Crippen molar-refractivity contribution in [2.45, 2.75) is 110 Å². The first-order valence-corrected chi connectivity index (χ1v) is 17.4. The topological polar surface area (TPSA) is 45.2 Å². The van der Waals surface area contributed by atoms with Gasteiger partial charge >= 0.3 is 0 Å². The minimum atomic E-state index is 0.359. The molecule has 40 heavy (non-hydrogen) atoms. The second-order valence-corrected chi connectivity index (χ2v) is 13.2. The van der Waals surface area contributed by atoms with Crippen molar-refractivity contribution < 1.29 is 14.3 Å². The average Bonchev–Trinajstić information content (AvgIpc) is 2.99. The maximum atomic E-state index is 12.1. The number of ether oxygens (including phenoxy) is 2.